The summed E-state index contributed by atoms with van der Waals surface area (Å²) in [5.41, 5.74) is 3.59. The van der Waals surface area contributed by atoms with E-state index in [9.17, 15) is 14.4 Å². The van der Waals surface area contributed by atoms with Gasteiger partial charge in [0.1, 0.15) is 11.8 Å². The first-order valence-electron chi connectivity index (χ1n) is 14.7. The summed E-state index contributed by atoms with van der Waals surface area (Å²) in [6, 6.07) is 32.9. The number of para-hydroxylation sites is 1. The number of methoxy groups -OCH3 is 1. The van der Waals surface area contributed by atoms with Crippen molar-refractivity contribution in [1.29, 1.82) is 0 Å². The zero-order valence-electron chi connectivity index (χ0n) is 25.1. The van der Waals surface area contributed by atoms with Crippen LogP contribution in [0.25, 0.3) is 0 Å². The van der Waals surface area contributed by atoms with Gasteiger partial charge in [-0.05, 0) is 54.8 Å². The van der Waals surface area contributed by atoms with Crippen LogP contribution in [0.1, 0.15) is 40.4 Å². The van der Waals surface area contributed by atoms with Crippen LogP contribution in [0.4, 0.5) is 5.69 Å². The number of benzene rings is 4. The van der Waals surface area contributed by atoms with Crippen molar-refractivity contribution < 1.29 is 23.9 Å². The lowest BCUT2D eigenvalue weighted by Crippen LogP contribution is -2.33. The highest BCUT2D eigenvalue weighted by Crippen LogP contribution is 2.22. The average Bonchev–Trinajstić information content (AvgIpc) is 3.07. The molecular weight excluding hydrogens is 552 g/mol. The number of nitrogens with zero attached hydrogens (tertiary/aromatic N) is 1. The zero-order valence-corrected chi connectivity index (χ0v) is 25.1. The van der Waals surface area contributed by atoms with E-state index in [1.807, 2.05) is 90.7 Å². The highest BCUT2D eigenvalue weighted by molar-refractivity contribution is 6.12. The first-order valence-corrected chi connectivity index (χ1v) is 14.7. The van der Waals surface area contributed by atoms with Crippen LogP contribution in [0.15, 0.2) is 121 Å². The Balaban J connectivity index is 1.35. The predicted octanol–water partition coefficient (Wildman–Crippen LogP) is 6.49. The van der Waals surface area contributed by atoms with Gasteiger partial charge in [0.25, 0.3) is 0 Å². The third kappa shape index (κ3) is 9.16. The van der Waals surface area contributed by atoms with Crippen LogP contribution in [0.5, 0.6) is 5.75 Å². The fraction of sp³-hybridized carbons (Fsp3) is 0.216. The van der Waals surface area contributed by atoms with Crippen LogP contribution < -0.4 is 10.1 Å². The van der Waals surface area contributed by atoms with Crippen molar-refractivity contribution in [2.75, 3.05) is 25.6 Å². The first kappa shape index (κ1) is 31.8. The minimum Gasteiger partial charge on any atom is -0.494 e. The smallest absolute Gasteiger partial charge is 0.328 e. The van der Waals surface area contributed by atoms with E-state index < -0.39 is 12.0 Å². The summed E-state index contributed by atoms with van der Waals surface area (Å²) in [4.78, 5) is 40.3. The van der Waals surface area contributed by atoms with E-state index in [1.54, 1.807) is 42.5 Å². The number of carbonyl (C=O) groups is 3. The number of hydrogen-bond donors (Lipinski definition) is 1. The number of carbonyl (C=O) groups excluding carboxylic acids is 3. The van der Waals surface area contributed by atoms with Gasteiger partial charge in [0.15, 0.2) is 5.78 Å². The van der Waals surface area contributed by atoms with E-state index in [2.05, 4.69) is 5.32 Å². The molecule has 0 aliphatic heterocycles. The molecule has 0 radical (unpaired) electrons. The van der Waals surface area contributed by atoms with Crippen LogP contribution in [0.2, 0.25) is 0 Å². The fourth-order valence-electron chi connectivity index (χ4n) is 4.80. The Morgan fingerprint density at radius 2 is 1.48 bits per heavy atom. The maximum Gasteiger partial charge on any atom is 0.328 e. The molecule has 0 heterocycles. The van der Waals surface area contributed by atoms with E-state index >= 15 is 0 Å². The fourth-order valence-corrected chi connectivity index (χ4v) is 4.80. The van der Waals surface area contributed by atoms with Gasteiger partial charge in [-0.25, -0.2) is 4.79 Å². The molecule has 4 rings (SSSR count). The molecule has 7 heteroatoms. The second kappa shape index (κ2) is 16.5. The van der Waals surface area contributed by atoms with Crippen molar-refractivity contribution in [3.05, 3.63) is 144 Å². The molecular formula is C37H38N2O5. The molecule has 0 aliphatic carbocycles. The molecule has 4 aromatic carbocycles. The molecule has 0 bridgehead atoms. The Bertz CT molecular complexity index is 1540. The number of anilines is 1. The molecule has 0 spiro atoms. The highest BCUT2D eigenvalue weighted by Gasteiger charge is 2.22. The topological polar surface area (TPSA) is 84.9 Å². The van der Waals surface area contributed by atoms with Gasteiger partial charge in [-0.1, -0.05) is 91.0 Å². The largest absolute Gasteiger partial charge is 0.494 e. The Hall–Kier alpha value is -5.17. The van der Waals surface area contributed by atoms with Crippen molar-refractivity contribution >= 4 is 23.3 Å². The van der Waals surface area contributed by atoms with E-state index in [4.69, 9.17) is 9.47 Å². The lowest BCUT2D eigenvalue weighted by atomic mass is 10.00. The minimum atomic E-state index is -0.707. The van der Waals surface area contributed by atoms with Gasteiger partial charge >= 0.3 is 5.97 Å². The van der Waals surface area contributed by atoms with Crippen molar-refractivity contribution in [2.45, 2.75) is 32.4 Å². The van der Waals surface area contributed by atoms with Crippen LogP contribution in [0.3, 0.4) is 0 Å². The van der Waals surface area contributed by atoms with Crippen molar-refractivity contribution in [3.8, 4) is 5.75 Å². The highest BCUT2D eigenvalue weighted by atomic mass is 16.5. The molecule has 226 valence electrons. The molecule has 0 aliphatic rings. The normalized spacial score (nSPS) is 11.5. The van der Waals surface area contributed by atoms with Gasteiger partial charge in [-0.2, -0.15) is 0 Å². The van der Waals surface area contributed by atoms with Gasteiger partial charge in [0, 0.05) is 36.3 Å². The Kier molecular flexibility index (Phi) is 11.9. The second-order valence-electron chi connectivity index (χ2n) is 10.3. The summed E-state index contributed by atoms with van der Waals surface area (Å²) in [5.74, 6) is 0.110. The summed E-state index contributed by atoms with van der Waals surface area (Å²) in [6.07, 6.45) is 4.36. The summed E-state index contributed by atoms with van der Waals surface area (Å²) < 4.78 is 11.0. The SMILES string of the molecule is C/C=C/C(=O)N(CCCOc1ccc(C[C@H](Nc2ccccc2C(=O)c2ccccc2)C(=O)OC)cc1)Cc1ccccc1. The summed E-state index contributed by atoms with van der Waals surface area (Å²) in [7, 11) is 1.35. The number of nitrogens with one attached hydrogen (secondary N) is 1. The summed E-state index contributed by atoms with van der Waals surface area (Å²) in [5, 5.41) is 3.24. The summed E-state index contributed by atoms with van der Waals surface area (Å²) in [6.45, 7) is 3.39. The van der Waals surface area contributed by atoms with Gasteiger partial charge in [-0.15, -0.1) is 0 Å². The Morgan fingerprint density at radius 1 is 0.818 bits per heavy atom. The summed E-state index contributed by atoms with van der Waals surface area (Å²) >= 11 is 0. The number of ether oxygens (including phenoxy) is 2. The van der Waals surface area contributed by atoms with Crippen LogP contribution in [0, 0.1) is 0 Å². The van der Waals surface area contributed by atoms with Gasteiger partial charge < -0.3 is 19.7 Å². The maximum atomic E-state index is 13.2. The van der Waals surface area contributed by atoms with Gasteiger partial charge in [0.2, 0.25) is 5.91 Å². The first-order chi connectivity index (χ1) is 21.5. The monoisotopic (exact) mass is 590 g/mol. The lowest BCUT2D eigenvalue weighted by molar-refractivity contribution is -0.141. The molecule has 4 aromatic rings. The Labute approximate surface area is 259 Å². The molecule has 44 heavy (non-hydrogen) atoms. The maximum absolute atomic E-state index is 13.2. The average molecular weight is 591 g/mol. The van der Waals surface area contributed by atoms with Gasteiger partial charge in [-0.3, -0.25) is 9.59 Å². The van der Waals surface area contributed by atoms with Crippen LogP contribution in [-0.2, 0) is 27.3 Å². The number of amides is 1. The number of allylic oxidation sites excluding steroid dienone is 1. The molecule has 0 unspecified atom stereocenters. The number of rotatable bonds is 15. The third-order valence-electron chi connectivity index (χ3n) is 7.06. The molecule has 1 amide bonds. The third-order valence-corrected chi connectivity index (χ3v) is 7.06. The van der Waals surface area contributed by atoms with Crippen molar-refractivity contribution in [3.63, 3.8) is 0 Å². The second-order valence-corrected chi connectivity index (χ2v) is 10.3. The number of ketones is 1. The lowest BCUT2D eigenvalue weighted by Gasteiger charge is -2.21. The Morgan fingerprint density at radius 3 is 2.16 bits per heavy atom. The standard InChI is InChI=1S/C37H38N2O5/c1-3-13-35(40)39(27-29-14-6-4-7-15-29)24-12-25-44-31-22-20-28(21-23-31)26-34(37(42)43-2)38-33-19-11-10-18-32(33)36(41)30-16-8-5-9-17-30/h3-11,13-23,34,38H,12,24-27H2,1-2H3/b13-3+/t34-/m0/s1. The molecule has 0 aromatic heterocycles. The van der Waals surface area contributed by atoms with Crippen LogP contribution in [-0.4, -0.2) is 48.9 Å². The minimum absolute atomic E-state index is 0.0264. The van der Waals surface area contributed by atoms with Gasteiger partial charge in [0.05, 0.1) is 13.7 Å². The molecule has 7 nitrogen and oxygen atoms in total. The quantitative estimate of drug-likeness (QED) is 0.0738. The molecule has 0 saturated heterocycles. The van der Waals surface area contributed by atoms with E-state index in [0.29, 0.717) is 55.1 Å². The number of esters is 1. The predicted molar refractivity (Wildman–Crippen MR) is 173 cm³/mol. The van der Waals surface area contributed by atoms with Crippen LogP contribution >= 0.6 is 0 Å². The van der Waals surface area contributed by atoms with Crippen molar-refractivity contribution in [1.82, 2.24) is 4.90 Å². The zero-order chi connectivity index (χ0) is 31.1. The van der Waals surface area contributed by atoms with E-state index in [-0.39, 0.29) is 11.7 Å². The molecule has 1 N–H and O–H groups in total. The van der Waals surface area contributed by atoms with E-state index in [1.165, 1.54) is 7.11 Å². The van der Waals surface area contributed by atoms with Crippen molar-refractivity contribution in [2.24, 2.45) is 0 Å². The molecule has 1 atom stereocenters. The number of hydrogen-bond acceptors (Lipinski definition) is 6. The molecule has 0 saturated carbocycles. The molecule has 0 fully saturated rings. The van der Waals surface area contributed by atoms with E-state index in [0.717, 1.165) is 11.1 Å².